The van der Waals surface area contributed by atoms with Crippen LogP contribution in [0.15, 0.2) is 84.9 Å². The molecule has 1 aliphatic heterocycles. The van der Waals surface area contributed by atoms with Gasteiger partial charge in [0.2, 0.25) is 5.91 Å². The molecular formula is C29H28FNO2. The van der Waals surface area contributed by atoms with Crippen molar-refractivity contribution in [2.75, 3.05) is 7.11 Å². The van der Waals surface area contributed by atoms with Crippen molar-refractivity contribution in [2.45, 2.75) is 32.4 Å². The Bertz CT molecular complexity index is 1190. The van der Waals surface area contributed by atoms with Crippen LogP contribution in [0.2, 0.25) is 0 Å². The van der Waals surface area contributed by atoms with Crippen molar-refractivity contribution < 1.29 is 13.9 Å². The summed E-state index contributed by atoms with van der Waals surface area (Å²) in [5.74, 6) is 0.552. The van der Waals surface area contributed by atoms with Crippen LogP contribution >= 0.6 is 0 Å². The minimum absolute atomic E-state index is 0.0520. The summed E-state index contributed by atoms with van der Waals surface area (Å²) >= 11 is 0. The summed E-state index contributed by atoms with van der Waals surface area (Å²) < 4.78 is 20.9. The summed E-state index contributed by atoms with van der Waals surface area (Å²) in [5, 5.41) is 0. The Labute approximate surface area is 194 Å². The van der Waals surface area contributed by atoms with E-state index in [0.29, 0.717) is 12.1 Å². The number of rotatable bonds is 5. The number of ether oxygens (including phenoxy) is 1. The van der Waals surface area contributed by atoms with Gasteiger partial charge in [-0.05, 0) is 47.7 Å². The molecule has 3 aromatic rings. The van der Waals surface area contributed by atoms with E-state index in [-0.39, 0.29) is 23.7 Å². The zero-order chi connectivity index (χ0) is 23.0. The van der Waals surface area contributed by atoms with Crippen LogP contribution in [0.5, 0.6) is 5.75 Å². The first-order chi connectivity index (χ1) is 16.0. The fraction of sp³-hybridized carbons (Fsp3) is 0.276. The number of methoxy groups -OCH3 is 1. The van der Waals surface area contributed by atoms with Gasteiger partial charge in [-0.1, -0.05) is 73.7 Å². The topological polar surface area (TPSA) is 29.5 Å². The van der Waals surface area contributed by atoms with Gasteiger partial charge in [0.05, 0.1) is 18.6 Å². The van der Waals surface area contributed by atoms with E-state index in [9.17, 15) is 4.79 Å². The van der Waals surface area contributed by atoms with Crippen LogP contribution in [0, 0.1) is 17.2 Å². The molecule has 1 heterocycles. The minimum Gasteiger partial charge on any atom is -0.497 e. The fourth-order valence-electron chi connectivity index (χ4n) is 5.40. The zero-order valence-electron chi connectivity index (χ0n) is 19.0. The van der Waals surface area contributed by atoms with E-state index in [4.69, 9.17) is 4.74 Å². The molecule has 168 valence electrons. The lowest BCUT2D eigenvalue weighted by Crippen LogP contribution is -2.34. The second-order valence-corrected chi connectivity index (χ2v) is 9.24. The van der Waals surface area contributed by atoms with Crippen LogP contribution in [0.3, 0.4) is 0 Å². The van der Waals surface area contributed by atoms with E-state index in [1.807, 2.05) is 78.6 Å². The predicted octanol–water partition coefficient (Wildman–Crippen LogP) is 6.56. The number of nitrogens with zero attached hydrogens (tertiary/aromatic N) is 1. The molecule has 3 atom stereocenters. The molecule has 1 aliphatic carbocycles. The molecular weight excluding hydrogens is 413 g/mol. The van der Waals surface area contributed by atoms with Gasteiger partial charge >= 0.3 is 0 Å². The average Bonchev–Trinajstić information content (AvgIpc) is 3.06. The Hall–Kier alpha value is -3.40. The van der Waals surface area contributed by atoms with Crippen LogP contribution in [0.1, 0.15) is 36.9 Å². The molecule has 1 amide bonds. The lowest BCUT2D eigenvalue weighted by atomic mass is 9.69. The number of hydrogen-bond donors (Lipinski definition) is 0. The van der Waals surface area contributed by atoms with Gasteiger partial charge in [0, 0.05) is 18.0 Å². The molecule has 0 radical (unpaired) electrons. The van der Waals surface area contributed by atoms with E-state index >= 15 is 4.39 Å². The Morgan fingerprint density at radius 3 is 2.45 bits per heavy atom. The molecule has 2 unspecified atom stereocenters. The van der Waals surface area contributed by atoms with Crippen LogP contribution in [-0.4, -0.2) is 17.9 Å². The summed E-state index contributed by atoms with van der Waals surface area (Å²) in [4.78, 5) is 15.6. The Balaban J connectivity index is 1.54. The highest BCUT2D eigenvalue weighted by atomic mass is 19.1. The van der Waals surface area contributed by atoms with Gasteiger partial charge in [0.25, 0.3) is 0 Å². The summed E-state index contributed by atoms with van der Waals surface area (Å²) in [6.07, 6.45) is 5.94. The maximum Gasteiger partial charge on any atom is 0.230 e. The number of fused-ring (bicyclic) bond motifs is 1. The number of likely N-dealkylation sites (tertiary alicyclic amines) is 1. The zero-order valence-corrected chi connectivity index (χ0v) is 19.0. The number of benzene rings is 3. The highest BCUT2D eigenvalue weighted by Gasteiger charge is 2.56. The third kappa shape index (κ3) is 3.74. The van der Waals surface area contributed by atoms with Crippen LogP contribution in [-0.2, 0) is 11.3 Å². The van der Waals surface area contributed by atoms with Crippen molar-refractivity contribution in [1.82, 2.24) is 4.90 Å². The van der Waals surface area contributed by atoms with E-state index in [2.05, 4.69) is 12.2 Å². The van der Waals surface area contributed by atoms with Crippen LogP contribution in [0.4, 0.5) is 4.39 Å². The van der Waals surface area contributed by atoms with Crippen molar-refractivity contribution in [3.63, 3.8) is 0 Å². The SMILES string of the molecule is COc1ccc(-c2ccc(C3C4C=CCC[C@@]4(C)C(=O)N3Cc3ccccc3)c(F)c2)cc1. The van der Waals surface area contributed by atoms with Crippen molar-refractivity contribution >= 4 is 5.91 Å². The summed E-state index contributed by atoms with van der Waals surface area (Å²) in [6, 6.07) is 22.6. The Kier molecular flexibility index (Phi) is 5.53. The molecule has 0 N–H and O–H groups in total. The first kappa shape index (κ1) is 21.4. The quantitative estimate of drug-likeness (QED) is 0.420. The molecule has 33 heavy (non-hydrogen) atoms. The van der Waals surface area contributed by atoms with Crippen LogP contribution in [0.25, 0.3) is 11.1 Å². The molecule has 4 heteroatoms. The molecule has 1 saturated heterocycles. The van der Waals surface area contributed by atoms with Gasteiger partial charge in [-0.2, -0.15) is 0 Å². The van der Waals surface area contributed by atoms with E-state index in [1.54, 1.807) is 13.2 Å². The van der Waals surface area contributed by atoms with Crippen molar-refractivity contribution in [1.29, 1.82) is 0 Å². The molecule has 1 fully saturated rings. The number of carbonyl (C=O) groups excluding carboxylic acids is 1. The van der Waals surface area contributed by atoms with E-state index in [0.717, 1.165) is 35.3 Å². The number of amides is 1. The molecule has 2 aliphatic rings. The summed E-state index contributed by atoms with van der Waals surface area (Å²) in [6.45, 7) is 2.52. The van der Waals surface area contributed by atoms with E-state index in [1.165, 1.54) is 0 Å². The molecule has 3 nitrogen and oxygen atoms in total. The number of hydrogen-bond acceptors (Lipinski definition) is 2. The monoisotopic (exact) mass is 441 g/mol. The molecule has 0 bridgehead atoms. The lowest BCUT2D eigenvalue weighted by Gasteiger charge is -2.32. The van der Waals surface area contributed by atoms with Crippen molar-refractivity contribution in [3.05, 3.63) is 102 Å². The maximum absolute atomic E-state index is 15.7. The Morgan fingerprint density at radius 2 is 1.76 bits per heavy atom. The van der Waals surface area contributed by atoms with Gasteiger partial charge in [0.1, 0.15) is 11.6 Å². The minimum atomic E-state index is -0.505. The van der Waals surface area contributed by atoms with Crippen molar-refractivity contribution in [2.24, 2.45) is 11.3 Å². The first-order valence-electron chi connectivity index (χ1n) is 11.5. The molecule has 0 saturated carbocycles. The van der Waals surface area contributed by atoms with Crippen molar-refractivity contribution in [3.8, 4) is 16.9 Å². The Morgan fingerprint density at radius 1 is 1.03 bits per heavy atom. The maximum atomic E-state index is 15.7. The van der Waals surface area contributed by atoms with Crippen LogP contribution < -0.4 is 4.74 Å². The highest BCUT2D eigenvalue weighted by Crippen LogP contribution is 2.54. The van der Waals surface area contributed by atoms with Gasteiger partial charge < -0.3 is 9.64 Å². The molecule has 3 aromatic carbocycles. The van der Waals surface area contributed by atoms with Gasteiger partial charge in [-0.15, -0.1) is 0 Å². The third-order valence-corrected chi connectivity index (χ3v) is 7.27. The third-order valence-electron chi connectivity index (χ3n) is 7.27. The second-order valence-electron chi connectivity index (χ2n) is 9.24. The lowest BCUT2D eigenvalue weighted by molar-refractivity contribution is -0.137. The standard InChI is InChI=1S/C29H28FNO2/c1-29-17-7-6-10-25(29)27(31(28(29)32)19-20-8-4-3-5-9-20)24-16-13-22(18-26(24)30)21-11-14-23(33-2)15-12-21/h3-6,8-16,18,25,27H,7,17,19H2,1-2H3/t25?,27?,29-/m1/s1. The molecule has 0 aromatic heterocycles. The van der Waals surface area contributed by atoms with Gasteiger partial charge in [-0.3, -0.25) is 4.79 Å². The van der Waals surface area contributed by atoms with Gasteiger partial charge in [-0.25, -0.2) is 4.39 Å². The average molecular weight is 442 g/mol. The normalized spacial score (nSPS) is 24.1. The summed E-state index contributed by atoms with van der Waals surface area (Å²) in [7, 11) is 1.63. The fourth-order valence-corrected chi connectivity index (χ4v) is 5.40. The highest BCUT2D eigenvalue weighted by molar-refractivity contribution is 5.86. The molecule has 5 rings (SSSR count). The second kappa shape index (κ2) is 8.51. The predicted molar refractivity (Wildman–Crippen MR) is 128 cm³/mol. The first-order valence-corrected chi connectivity index (χ1v) is 11.5. The summed E-state index contributed by atoms with van der Waals surface area (Å²) in [5.41, 5.74) is 2.86. The van der Waals surface area contributed by atoms with E-state index < -0.39 is 5.41 Å². The van der Waals surface area contributed by atoms with Gasteiger partial charge in [0.15, 0.2) is 0 Å². The number of halogens is 1. The number of carbonyl (C=O) groups is 1. The largest absolute Gasteiger partial charge is 0.497 e. The number of allylic oxidation sites excluding steroid dienone is 1. The molecule has 0 spiro atoms. The smallest absolute Gasteiger partial charge is 0.230 e.